The highest BCUT2D eigenvalue weighted by atomic mass is 19.1. The van der Waals surface area contributed by atoms with E-state index in [9.17, 15) is 9.18 Å². The Labute approximate surface area is 237 Å². The number of piperidine rings is 1. The average Bonchev–Trinajstić information content (AvgIpc) is 3.28. The highest BCUT2D eigenvalue weighted by Crippen LogP contribution is 2.29. The Morgan fingerprint density at radius 3 is 2.49 bits per heavy atom. The highest BCUT2D eigenvalue weighted by molar-refractivity contribution is 5.79. The van der Waals surface area contributed by atoms with Crippen LogP contribution in [0.4, 0.5) is 13.6 Å². The van der Waals surface area contributed by atoms with Crippen LogP contribution in [-0.2, 0) is 17.7 Å². The van der Waals surface area contributed by atoms with Crippen LogP contribution in [0, 0.1) is 24.5 Å². The molecule has 1 aromatic carbocycles. The number of carbonyl (C=O) groups is 1. The molecule has 1 fully saturated rings. The van der Waals surface area contributed by atoms with Crippen LogP contribution in [0.5, 0.6) is 6.01 Å². The summed E-state index contributed by atoms with van der Waals surface area (Å²) < 4.78 is 42.0. The summed E-state index contributed by atoms with van der Waals surface area (Å²) >= 11 is 0. The predicted octanol–water partition coefficient (Wildman–Crippen LogP) is 5.72. The van der Waals surface area contributed by atoms with Gasteiger partial charge in [-0.05, 0) is 70.6 Å². The number of nitrogens with zero attached hydrogens (tertiary/aromatic N) is 6. The molecular formula is C30H34F2N6O3. The normalized spacial score (nSPS) is 14.5. The lowest BCUT2D eigenvalue weighted by Crippen LogP contribution is -2.42. The van der Waals surface area contributed by atoms with E-state index in [1.165, 1.54) is 19.4 Å². The second-order valence-electron chi connectivity index (χ2n) is 11.4. The van der Waals surface area contributed by atoms with Crippen molar-refractivity contribution in [3.05, 3.63) is 65.1 Å². The lowest BCUT2D eigenvalue weighted by atomic mass is 9.90. The Balaban J connectivity index is 1.36. The molecular weight excluding hydrogens is 530 g/mol. The zero-order valence-corrected chi connectivity index (χ0v) is 23.9. The van der Waals surface area contributed by atoms with Gasteiger partial charge >= 0.3 is 12.1 Å². The number of aryl methyl sites for hydroxylation is 1. The molecule has 4 aromatic rings. The fourth-order valence-corrected chi connectivity index (χ4v) is 5.10. The minimum Gasteiger partial charge on any atom is -0.467 e. The zero-order valence-electron chi connectivity index (χ0n) is 23.9. The molecule has 0 atom stereocenters. The van der Waals surface area contributed by atoms with E-state index >= 15 is 4.39 Å². The summed E-state index contributed by atoms with van der Waals surface area (Å²) in [7, 11) is 1.47. The number of likely N-dealkylation sites (tertiary alicyclic amines) is 1. The van der Waals surface area contributed by atoms with Gasteiger partial charge in [0.1, 0.15) is 28.6 Å². The number of hydrogen-bond donors (Lipinski definition) is 0. The number of halogens is 2. The second-order valence-corrected chi connectivity index (χ2v) is 11.4. The van der Waals surface area contributed by atoms with Gasteiger partial charge in [0.05, 0.1) is 25.5 Å². The first kappa shape index (κ1) is 28.4. The van der Waals surface area contributed by atoms with Crippen LogP contribution in [0.25, 0.3) is 22.6 Å². The minimum absolute atomic E-state index is 0.113. The first-order valence-corrected chi connectivity index (χ1v) is 13.7. The lowest BCUT2D eigenvalue weighted by molar-refractivity contribution is 0.0184. The van der Waals surface area contributed by atoms with Crippen molar-refractivity contribution in [2.75, 3.05) is 20.2 Å². The topological polar surface area (TPSA) is 95.3 Å². The average molecular weight is 565 g/mol. The van der Waals surface area contributed by atoms with Crippen molar-refractivity contribution in [3.8, 4) is 17.4 Å². The van der Waals surface area contributed by atoms with E-state index in [0.717, 1.165) is 31.0 Å². The molecule has 0 saturated carbocycles. The van der Waals surface area contributed by atoms with Gasteiger partial charge in [0.25, 0.3) is 0 Å². The van der Waals surface area contributed by atoms with Crippen molar-refractivity contribution in [2.45, 2.75) is 59.1 Å². The molecule has 5 rings (SSSR count). The summed E-state index contributed by atoms with van der Waals surface area (Å²) in [6.07, 6.45) is 4.71. The number of aromatic nitrogens is 5. The number of imidazole rings is 1. The molecule has 1 amide bonds. The summed E-state index contributed by atoms with van der Waals surface area (Å²) in [4.78, 5) is 31.5. The van der Waals surface area contributed by atoms with E-state index in [0.29, 0.717) is 52.8 Å². The van der Waals surface area contributed by atoms with Gasteiger partial charge in [-0.1, -0.05) is 12.1 Å². The number of benzene rings is 1. The van der Waals surface area contributed by atoms with Crippen LogP contribution in [0.2, 0.25) is 0 Å². The zero-order chi connectivity index (χ0) is 29.3. The summed E-state index contributed by atoms with van der Waals surface area (Å²) in [5, 5.41) is 0. The number of carbonyl (C=O) groups excluding carboxylic acids is 1. The maximum absolute atomic E-state index is 15.5. The molecule has 1 aliphatic rings. The summed E-state index contributed by atoms with van der Waals surface area (Å²) in [5.74, 6) is -0.112. The lowest BCUT2D eigenvalue weighted by Gasteiger charge is -2.33. The molecule has 11 heteroatoms. The Bertz CT molecular complexity index is 1570. The van der Waals surface area contributed by atoms with Crippen molar-refractivity contribution in [3.63, 3.8) is 0 Å². The monoisotopic (exact) mass is 564 g/mol. The van der Waals surface area contributed by atoms with Gasteiger partial charge in [-0.3, -0.25) is 4.98 Å². The quantitative estimate of drug-likeness (QED) is 0.296. The molecule has 3 aromatic heterocycles. The van der Waals surface area contributed by atoms with Crippen LogP contribution in [0.15, 0.2) is 36.7 Å². The number of pyridine rings is 1. The molecule has 41 heavy (non-hydrogen) atoms. The number of ether oxygens (including phenoxy) is 2. The molecule has 0 aliphatic carbocycles. The summed E-state index contributed by atoms with van der Waals surface area (Å²) in [6, 6.07) is 6.76. The van der Waals surface area contributed by atoms with Crippen LogP contribution in [0.1, 0.15) is 50.4 Å². The third-order valence-corrected chi connectivity index (χ3v) is 7.13. The van der Waals surface area contributed by atoms with Gasteiger partial charge in [-0.25, -0.2) is 18.6 Å². The Morgan fingerprint density at radius 2 is 1.83 bits per heavy atom. The fraction of sp³-hybridized carbons (Fsp3) is 0.433. The molecule has 0 spiro atoms. The smallest absolute Gasteiger partial charge is 0.410 e. The minimum atomic E-state index is -0.525. The summed E-state index contributed by atoms with van der Waals surface area (Å²) in [6.45, 7) is 8.71. The molecule has 216 valence electrons. The van der Waals surface area contributed by atoms with E-state index in [1.807, 2.05) is 26.8 Å². The van der Waals surface area contributed by atoms with Gasteiger partial charge in [0.2, 0.25) is 0 Å². The Hall–Kier alpha value is -4.15. The van der Waals surface area contributed by atoms with E-state index in [-0.39, 0.29) is 24.5 Å². The number of methoxy groups -OCH3 is 1. The van der Waals surface area contributed by atoms with Crippen LogP contribution in [0.3, 0.4) is 0 Å². The number of amides is 1. The van der Waals surface area contributed by atoms with Gasteiger partial charge in [0.15, 0.2) is 5.65 Å². The van der Waals surface area contributed by atoms with Gasteiger partial charge < -0.3 is 18.9 Å². The van der Waals surface area contributed by atoms with Crippen molar-refractivity contribution in [2.24, 2.45) is 5.92 Å². The van der Waals surface area contributed by atoms with Gasteiger partial charge in [-0.2, -0.15) is 9.97 Å². The maximum Gasteiger partial charge on any atom is 0.410 e. The van der Waals surface area contributed by atoms with Gasteiger partial charge in [0, 0.05) is 30.4 Å². The third-order valence-electron chi connectivity index (χ3n) is 7.13. The standard InChI is InChI=1S/C30H34F2N6O3/c1-18-25-27(36-28(34-18)40-5)38(26(35-25)22-14-23(31)16-33-15-22)17-21-7-6-20(13-24(21)32)12-19-8-10-37(11-9-19)29(39)41-30(2,3)4/h6-7,13-16,19H,8-12,17H2,1-5H3. The molecule has 1 aliphatic heterocycles. The number of hydrogen-bond acceptors (Lipinski definition) is 7. The third kappa shape index (κ3) is 6.44. The maximum atomic E-state index is 15.5. The van der Waals surface area contributed by atoms with E-state index in [1.54, 1.807) is 28.5 Å². The number of rotatable bonds is 6. The molecule has 0 bridgehead atoms. The molecule has 0 radical (unpaired) electrons. The van der Waals surface area contributed by atoms with E-state index in [2.05, 4.69) is 19.9 Å². The van der Waals surface area contributed by atoms with Crippen molar-refractivity contribution in [1.82, 2.24) is 29.4 Å². The summed E-state index contributed by atoms with van der Waals surface area (Å²) in [5.41, 5.74) is 2.80. The van der Waals surface area contributed by atoms with E-state index in [4.69, 9.17) is 9.47 Å². The predicted molar refractivity (Wildman–Crippen MR) is 150 cm³/mol. The SMILES string of the molecule is COc1nc(C)c2nc(-c3cncc(F)c3)n(Cc3ccc(CC4CCN(C(=O)OC(C)(C)C)CC4)cc3F)c2n1. The Morgan fingerprint density at radius 1 is 1.07 bits per heavy atom. The van der Waals surface area contributed by atoms with Crippen LogP contribution >= 0.6 is 0 Å². The van der Waals surface area contributed by atoms with Crippen molar-refractivity contribution in [1.29, 1.82) is 0 Å². The Kier molecular flexibility index (Phi) is 7.88. The molecule has 0 N–H and O–H groups in total. The highest BCUT2D eigenvalue weighted by Gasteiger charge is 2.27. The van der Waals surface area contributed by atoms with Crippen LogP contribution in [-0.4, -0.2) is 61.3 Å². The molecule has 9 nitrogen and oxygen atoms in total. The number of fused-ring (bicyclic) bond motifs is 1. The van der Waals surface area contributed by atoms with Crippen molar-refractivity contribution < 1.29 is 23.0 Å². The molecule has 0 unspecified atom stereocenters. The fourth-order valence-electron chi connectivity index (χ4n) is 5.10. The first-order chi connectivity index (χ1) is 19.5. The second kappa shape index (κ2) is 11.4. The molecule has 1 saturated heterocycles. The first-order valence-electron chi connectivity index (χ1n) is 13.7. The largest absolute Gasteiger partial charge is 0.467 e. The van der Waals surface area contributed by atoms with Crippen molar-refractivity contribution >= 4 is 17.3 Å². The van der Waals surface area contributed by atoms with Crippen LogP contribution < -0.4 is 4.74 Å². The van der Waals surface area contributed by atoms with Gasteiger partial charge in [-0.15, -0.1) is 0 Å². The molecule has 4 heterocycles. The van der Waals surface area contributed by atoms with E-state index < -0.39 is 11.4 Å².